The number of rotatable bonds is 5. The molecule has 1 aliphatic heterocycles. The lowest BCUT2D eigenvalue weighted by Gasteiger charge is -2.16. The maximum atomic E-state index is 12.3. The third-order valence-corrected chi connectivity index (χ3v) is 5.04. The van der Waals surface area contributed by atoms with Gasteiger partial charge in [-0.1, -0.05) is 18.2 Å². The molecule has 0 radical (unpaired) electrons. The van der Waals surface area contributed by atoms with Gasteiger partial charge in [0, 0.05) is 25.8 Å². The van der Waals surface area contributed by atoms with Crippen molar-refractivity contribution in [3.05, 3.63) is 41.6 Å². The van der Waals surface area contributed by atoms with E-state index in [2.05, 4.69) is 10.4 Å². The second-order valence-corrected chi connectivity index (χ2v) is 7.66. The molecule has 1 aromatic carbocycles. The second kappa shape index (κ2) is 6.64. The summed E-state index contributed by atoms with van der Waals surface area (Å²) in [4.78, 5) is 12.6. The van der Waals surface area contributed by atoms with Crippen LogP contribution in [0, 0.1) is 0 Å². The van der Waals surface area contributed by atoms with Crippen LogP contribution in [0.3, 0.4) is 0 Å². The average molecular weight is 349 g/mol. The van der Waals surface area contributed by atoms with Gasteiger partial charge in [-0.2, -0.15) is 5.10 Å². The van der Waals surface area contributed by atoms with E-state index in [1.54, 1.807) is 28.9 Å². The van der Waals surface area contributed by atoms with Crippen LogP contribution in [0.25, 0.3) is 0 Å². The molecule has 24 heavy (non-hydrogen) atoms. The highest BCUT2D eigenvalue weighted by Crippen LogP contribution is 2.22. The number of sulfone groups is 1. The first-order valence-electron chi connectivity index (χ1n) is 7.71. The number of benzene rings is 1. The molecule has 1 aliphatic rings. The number of aromatic nitrogens is 2. The topological polar surface area (TPSA) is 90.3 Å². The first kappa shape index (κ1) is 16.5. The molecular formula is C16H19N3O4S. The van der Waals surface area contributed by atoms with Gasteiger partial charge >= 0.3 is 0 Å². The molecule has 7 nitrogen and oxygen atoms in total. The molecule has 2 heterocycles. The van der Waals surface area contributed by atoms with E-state index in [9.17, 15) is 13.2 Å². The molecule has 0 spiro atoms. The van der Waals surface area contributed by atoms with Gasteiger partial charge in [0.1, 0.15) is 5.56 Å². The number of carbonyl (C=O) groups is 1. The number of fused-ring (bicyclic) bond motifs is 1. The molecule has 1 amide bonds. The summed E-state index contributed by atoms with van der Waals surface area (Å²) in [6.45, 7) is 1.65. The summed E-state index contributed by atoms with van der Waals surface area (Å²) in [5, 5.41) is 6.94. The maximum absolute atomic E-state index is 12.3. The third-order valence-electron chi connectivity index (χ3n) is 3.84. The highest BCUT2D eigenvalue weighted by Gasteiger charge is 2.21. The molecule has 0 aliphatic carbocycles. The maximum Gasteiger partial charge on any atom is 0.258 e. The molecule has 1 aromatic heterocycles. The monoisotopic (exact) mass is 349 g/mol. The number of ether oxygens (including phenoxy) is 1. The summed E-state index contributed by atoms with van der Waals surface area (Å²) in [6, 6.07) is 6.81. The Morgan fingerprint density at radius 2 is 2.17 bits per heavy atom. The smallest absolute Gasteiger partial charge is 0.258 e. The van der Waals surface area contributed by atoms with E-state index in [0.717, 1.165) is 13.0 Å². The van der Waals surface area contributed by atoms with Crippen molar-refractivity contribution in [2.45, 2.75) is 24.3 Å². The van der Waals surface area contributed by atoms with Gasteiger partial charge in [0.25, 0.3) is 5.91 Å². The first-order valence-corrected chi connectivity index (χ1v) is 9.61. The SMILES string of the molecule is CS(=O)(=O)c1ccccc1CCNC(=O)c1cnn2c1OCCC2. The Balaban J connectivity index is 1.65. The number of hydrogen-bond acceptors (Lipinski definition) is 5. The normalized spacial score (nSPS) is 13.9. The summed E-state index contributed by atoms with van der Waals surface area (Å²) in [6.07, 6.45) is 3.98. The Labute approximate surface area is 140 Å². The van der Waals surface area contributed by atoms with Gasteiger partial charge in [-0.05, 0) is 18.1 Å². The minimum Gasteiger partial charge on any atom is -0.477 e. The predicted molar refractivity (Wildman–Crippen MR) is 87.9 cm³/mol. The molecule has 0 saturated heterocycles. The number of nitrogens with zero attached hydrogens (tertiary/aromatic N) is 2. The zero-order chi connectivity index (χ0) is 17.2. The molecule has 0 fully saturated rings. The van der Waals surface area contributed by atoms with Crippen LogP contribution >= 0.6 is 0 Å². The van der Waals surface area contributed by atoms with E-state index in [-0.39, 0.29) is 5.91 Å². The second-order valence-electron chi connectivity index (χ2n) is 5.67. The summed E-state index contributed by atoms with van der Waals surface area (Å²) in [5.74, 6) is 0.227. The minimum absolute atomic E-state index is 0.269. The Kier molecular flexibility index (Phi) is 4.57. The van der Waals surface area contributed by atoms with Crippen LogP contribution in [0.5, 0.6) is 5.88 Å². The number of nitrogens with one attached hydrogen (secondary N) is 1. The predicted octanol–water partition coefficient (Wildman–Crippen LogP) is 1.04. The van der Waals surface area contributed by atoms with Crippen molar-refractivity contribution in [3.8, 4) is 5.88 Å². The van der Waals surface area contributed by atoms with Crippen LogP contribution in [0.2, 0.25) is 0 Å². The van der Waals surface area contributed by atoms with Gasteiger partial charge < -0.3 is 10.1 Å². The zero-order valence-corrected chi connectivity index (χ0v) is 14.2. The largest absolute Gasteiger partial charge is 0.477 e. The van der Waals surface area contributed by atoms with Crippen LogP contribution < -0.4 is 10.1 Å². The van der Waals surface area contributed by atoms with Gasteiger partial charge in [-0.15, -0.1) is 0 Å². The third kappa shape index (κ3) is 3.43. The van der Waals surface area contributed by atoms with Crippen molar-refractivity contribution in [1.82, 2.24) is 15.1 Å². The van der Waals surface area contributed by atoms with E-state index in [1.807, 2.05) is 0 Å². The van der Waals surface area contributed by atoms with E-state index < -0.39 is 9.84 Å². The van der Waals surface area contributed by atoms with Crippen LogP contribution in [0.4, 0.5) is 0 Å². The Bertz CT molecular complexity index is 858. The molecule has 128 valence electrons. The first-order chi connectivity index (χ1) is 11.5. The Morgan fingerprint density at radius 1 is 1.38 bits per heavy atom. The van der Waals surface area contributed by atoms with Gasteiger partial charge in [0.15, 0.2) is 9.84 Å². The zero-order valence-electron chi connectivity index (χ0n) is 13.4. The number of amides is 1. The van der Waals surface area contributed by atoms with Crippen LogP contribution in [-0.2, 0) is 22.8 Å². The highest BCUT2D eigenvalue weighted by atomic mass is 32.2. The lowest BCUT2D eigenvalue weighted by Crippen LogP contribution is -2.27. The molecule has 3 rings (SSSR count). The fourth-order valence-electron chi connectivity index (χ4n) is 2.70. The molecule has 0 unspecified atom stereocenters. The summed E-state index contributed by atoms with van der Waals surface area (Å²) in [5.41, 5.74) is 1.10. The van der Waals surface area contributed by atoms with Crippen molar-refractivity contribution >= 4 is 15.7 Å². The number of aryl methyl sites for hydroxylation is 1. The molecule has 2 aromatic rings. The molecule has 8 heteroatoms. The van der Waals surface area contributed by atoms with Crippen molar-refractivity contribution in [2.75, 3.05) is 19.4 Å². The van der Waals surface area contributed by atoms with E-state index >= 15 is 0 Å². The van der Waals surface area contributed by atoms with Crippen LogP contribution in [0.15, 0.2) is 35.4 Å². The number of hydrogen-bond donors (Lipinski definition) is 1. The van der Waals surface area contributed by atoms with Gasteiger partial charge in [-0.3, -0.25) is 4.79 Å². The number of carbonyl (C=O) groups excluding carboxylic acids is 1. The van der Waals surface area contributed by atoms with E-state index in [4.69, 9.17) is 4.74 Å². The van der Waals surface area contributed by atoms with Crippen molar-refractivity contribution < 1.29 is 17.9 Å². The van der Waals surface area contributed by atoms with E-state index in [0.29, 0.717) is 41.5 Å². The fourth-order valence-corrected chi connectivity index (χ4v) is 3.67. The van der Waals surface area contributed by atoms with Crippen molar-refractivity contribution in [1.29, 1.82) is 0 Å². The average Bonchev–Trinajstić information content (AvgIpc) is 2.98. The van der Waals surface area contributed by atoms with E-state index in [1.165, 1.54) is 12.5 Å². The van der Waals surface area contributed by atoms with Gasteiger partial charge in [0.05, 0.1) is 17.7 Å². The molecule has 1 N–H and O–H groups in total. The van der Waals surface area contributed by atoms with Gasteiger partial charge in [-0.25, -0.2) is 13.1 Å². The summed E-state index contributed by atoms with van der Waals surface area (Å²) >= 11 is 0. The standard InChI is InChI=1S/C16H19N3O4S/c1-24(21,22)14-6-3-2-5-12(14)7-8-17-15(20)13-11-18-19-9-4-10-23-16(13)19/h2-3,5-6,11H,4,7-10H2,1H3,(H,17,20). The quantitative estimate of drug-likeness (QED) is 0.871. The van der Waals surface area contributed by atoms with Crippen molar-refractivity contribution in [3.63, 3.8) is 0 Å². The van der Waals surface area contributed by atoms with Crippen LogP contribution in [-0.4, -0.2) is 43.5 Å². The fraction of sp³-hybridized carbons (Fsp3) is 0.375. The summed E-state index contributed by atoms with van der Waals surface area (Å²) in [7, 11) is -3.29. The van der Waals surface area contributed by atoms with Gasteiger partial charge in [0.2, 0.25) is 5.88 Å². The highest BCUT2D eigenvalue weighted by molar-refractivity contribution is 7.90. The summed E-state index contributed by atoms with van der Waals surface area (Å²) < 4.78 is 30.7. The van der Waals surface area contributed by atoms with Crippen molar-refractivity contribution in [2.24, 2.45) is 0 Å². The molecule has 0 bridgehead atoms. The molecule has 0 saturated carbocycles. The Morgan fingerprint density at radius 3 is 2.96 bits per heavy atom. The Hall–Kier alpha value is -2.35. The molecular weight excluding hydrogens is 330 g/mol. The van der Waals surface area contributed by atoms with Crippen LogP contribution in [0.1, 0.15) is 22.3 Å². The lowest BCUT2D eigenvalue weighted by atomic mass is 10.1. The molecule has 0 atom stereocenters. The minimum atomic E-state index is -3.29. The lowest BCUT2D eigenvalue weighted by molar-refractivity contribution is 0.0947.